The van der Waals surface area contributed by atoms with Gasteiger partial charge in [-0.15, -0.1) is 0 Å². The van der Waals surface area contributed by atoms with Crippen LogP contribution >= 0.6 is 31.9 Å². The molecule has 1 aromatic carbocycles. The minimum atomic E-state index is -0.500. The van der Waals surface area contributed by atoms with Crippen molar-refractivity contribution in [1.82, 2.24) is 9.97 Å². The van der Waals surface area contributed by atoms with Crippen LogP contribution in [-0.2, 0) is 5.33 Å². The van der Waals surface area contributed by atoms with E-state index >= 15 is 0 Å². The molecule has 1 aromatic heterocycles. The number of hydrogen-bond donors (Lipinski definition) is 0. The van der Waals surface area contributed by atoms with E-state index in [1.165, 1.54) is 6.07 Å². The normalized spacial score (nSPS) is 10.3. The quantitative estimate of drug-likeness (QED) is 0.436. The van der Waals surface area contributed by atoms with Crippen molar-refractivity contribution < 1.29 is 9.66 Å². The molecule has 0 saturated heterocycles. The SMILES string of the molecule is Cc1cc(Br)cc([N+](=O)[O-])c1Oc1ncc(CBr)cn1. The first-order chi connectivity index (χ1) is 9.51. The van der Waals surface area contributed by atoms with Gasteiger partial charge in [-0.25, -0.2) is 9.97 Å². The molecule has 104 valence electrons. The monoisotopic (exact) mass is 401 g/mol. The number of halogens is 2. The number of alkyl halides is 1. The van der Waals surface area contributed by atoms with Crippen LogP contribution in [0.4, 0.5) is 5.69 Å². The molecule has 0 N–H and O–H groups in total. The summed E-state index contributed by atoms with van der Waals surface area (Å²) in [6, 6.07) is 3.19. The van der Waals surface area contributed by atoms with Crippen molar-refractivity contribution in [2.45, 2.75) is 12.3 Å². The molecule has 1 heterocycles. The first kappa shape index (κ1) is 14.9. The molecular formula is C12H9Br2N3O3. The number of nitrogens with zero attached hydrogens (tertiary/aromatic N) is 3. The fourth-order valence-corrected chi connectivity index (χ4v) is 2.39. The molecule has 0 unspecified atom stereocenters. The Morgan fingerprint density at radius 3 is 2.55 bits per heavy atom. The number of aromatic nitrogens is 2. The summed E-state index contributed by atoms with van der Waals surface area (Å²) in [6.07, 6.45) is 3.19. The second-order valence-electron chi connectivity index (χ2n) is 3.94. The highest BCUT2D eigenvalue weighted by atomic mass is 79.9. The van der Waals surface area contributed by atoms with Gasteiger partial charge in [0.2, 0.25) is 5.75 Å². The molecular weight excluding hydrogens is 394 g/mol. The molecule has 0 aliphatic rings. The summed E-state index contributed by atoms with van der Waals surface area (Å²) in [5.74, 6) is 0.143. The standard InChI is InChI=1S/C12H9Br2N3O3/c1-7-2-9(14)3-10(17(18)19)11(7)20-12-15-5-8(4-13)6-16-12/h2-3,5-6H,4H2,1H3. The lowest BCUT2D eigenvalue weighted by Crippen LogP contribution is -1.99. The Bertz CT molecular complexity index is 647. The number of aryl methyl sites for hydroxylation is 1. The van der Waals surface area contributed by atoms with Gasteiger partial charge in [-0.2, -0.15) is 0 Å². The number of nitro benzene ring substituents is 1. The Balaban J connectivity index is 2.39. The molecule has 2 aromatic rings. The number of hydrogen-bond acceptors (Lipinski definition) is 5. The zero-order valence-corrected chi connectivity index (χ0v) is 13.5. The lowest BCUT2D eigenvalue weighted by molar-refractivity contribution is -0.385. The maximum absolute atomic E-state index is 11.1. The van der Waals surface area contributed by atoms with Gasteiger partial charge >= 0.3 is 11.7 Å². The highest BCUT2D eigenvalue weighted by Gasteiger charge is 2.20. The van der Waals surface area contributed by atoms with Gasteiger partial charge in [-0.05, 0) is 18.6 Å². The predicted molar refractivity (Wildman–Crippen MR) is 80.3 cm³/mol. The van der Waals surface area contributed by atoms with Crippen LogP contribution in [0.1, 0.15) is 11.1 Å². The van der Waals surface area contributed by atoms with Gasteiger partial charge in [0.05, 0.1) is 4.92 Å². The Morgan fingerprint density at radius 2 is 2.00 bits per heavy atom. The van der Waals surface area contributed by atoms with Gasteiger partial charge in [0.1, 0.15) is 0 Å². The van der Waals surface area contributed by atoms with Crippen LogP contribution < -0.4 is 4.74 Å². The average Bonchev–Trinajstić information content (AvgIpc) is 2.42. The third kappa shape index (κ3) is 3.31. The second-order valence-corrected chi connectivity index (χ2v) is 5.41. The van der Waals surface area contributed by atoms with Gasteiger partial charge in [0, 0.05) is 33.8 Å². The molecule has 2 rings (SSSR count). The average molecular weight is 403 g/mol. The molecule has 8 heteroatoms. The minimum absolute atomic E-state index is 0.0724. The largest absolute Gasteiger partial charge is 0.417 e. The van der Waals surface area contributed by atoms with Crippen molar-refractivity contribution in [3.8, 4) is 11.8 Å². The van der Waals surface area contributed by atoms with Crippen molar-refractivity contribution in [2.75, 3.05) is 0 Å². The van der Waals surface area contributed by atoms with Crippen LogP contribution in [0, 0.1) is 17.0 Å². The van der Waals surface area contributed by atoms with Crippen molar-refractivity contribution in [1.29, 1.82) is 0 Å². The molecule has 0 bridgehead atoms. The van der Waals surface area contributed by atoms with Crippen molar-refractivity contribution in [3.05, 3.63) is 50.2 Å². The maximum atomic E-state index is 11.1. The van der Waals surface area contributed by atoms with Gasteiger partial charge in [0.15, 0.2) is 0 Å². The first-order valence-corrected chi connectivity index (χ1v) is 7.42. The summed E-state index contributed by atoms with van der Waals surface area (Å²) in [4.78, 5) is 18.6. The number of benzene rings is 1. The molecule has 6 nitrogen and oxygen atoms in total. The smallest absolute Gasteiger partial charge is 0.322 e. The molecule has 0 radical (unpaired) electrons. The van der Waals surface area contributed by atoms with Crippen LogP contribution in [0.3, 0.4) is 0 Å². The van der Waals surface area contributed by atoms with Crippen molar-refractivity contribution in [2.24, 2.45) is 0 Å². The Kier molecular flexibility index (Phi) is 4.66. The number of nitro groups is 1. The fourth-order valence-electron chi connectivity index (χ4n) is 1.54. The zero-order chi connectivity index (χ0) is 14.7. The number of rotatable bonds is 4. The van der Waals surface area contributed by atoms with E-state index in [9.17, 15) is 10.1 Å². The van der Waals surface area contributed by atoms with Crippen LogP contribution in [0.5, 0.6) is 11.8 Å². The van der Waals surface area contributed by atoms with E-state index in [0.29, 0.717) is 15.4 Å². The highest BCUT2D eigenvalue weighted by Crippen LogP contribution is 2.36. The first-order valence-electron chi connectivity index (χ1n) is 5.50. The Morgan fingerprint density at radius 1 is 1.35 bits per heavy atom. The molecule has 0 amide bonds. The third-order valence-electron chi connectivity index (χ3n) is 2.45. The summed E-state index contributed by atoms with van der Waals surface area (Å²) in [5.41, 5.74) is 1.38. The zero-order valence-electron chi connectivity index (χ0n) is 10.3. The molecule has 0 aliphatic heterocycles. The van der Waals surface area contributed by atoms with Gasteiger partial charge < -0.3 is 4.74 Å². The molecule has 0 saturated carbocycles. The molecule has 20 heavy (non-hydrogen) atoms. The summed E-state index contributed by atoms with van der Waals surface area (Å²) in [7, 11) is 0. The van der Waals surface area contributed by atoms with E-state index in [4.69, 9.17) is 4.74 Å². The van der Waals surface area contributed by atoms with E-state index in [-0.39, 0.29) is 17.4 Å². The lowest BCUT2D eigenvalue weighted by Gasteiger charge is -2.08. The van der Waals surface area contributed by atoms with Gasteiger partial charge in [0.25, 0.3) is 0 Å². The molecule has 0 atom stereocenters. The van der Waals surface area contributed by atoms with Crippen molar-refractivity contribution in [3.63, 3.8) is 0 Å². The molecule has 0 fully saturated rings. The maximum Gasteiger partial charge on any atom is 0.322 e. The lowest BCUT2D eigenvalue weighted by atomic mass is 10.2. The highest BCUT2D eigenvalue weighted by molar-refractivity contribution is 9.10. The van der Waals surface area contributed by atoms with E-state index in [1.54, 1.807) is 25.4 Å². The van der Waals surface area contributed by atoms with Crippen LogP contribution in [0.2, 0.25) is 0 Å². The Hall–Kier alpha value is -1.54. The summed E-state index contributed by atoms with van der Waals surface area (Å²) in [6.45, 7) is 1.72. The minimum Gasteiger partial charge on any atom is -0.417 e. The molecule has 0 spiro atoms. The van der Waals surface area contributed by atoms with E-state index in [0.717, 1.165) is 5.56 Å². The fraction of sp³-hybridized carbons (Fsp3) is 0.167. The second kappa shape index (κ2) is 6.27. The van der Waals surface area contributed by atoms with E-state index in [1.807, 2.05) is 0 Å². The summed E-state index contributed by atoms with van der Waals surface area (Å²) >= 11 is 6.51. The van der Waals surface area contributed by atoms with Crippen molar-refractivity contribution >= 4 is 37.5 Å². The van der Waals surface area contributed by atoms with Crippen LogP contribution in [0.25, 0.3) is 0 Å². The predicted octanol–water partition coefficient (Wildman–Crippen LogP) is 4.14. The number of ether oxygens (including phenoxy) is 1. The Labute approximate surface area is 131 Å². The van der Waals surface area contributed by atoms with Crippen LogP contribution in [0.15, 0.2) is 29.0 Å². The summed E-state index contributed by atoms with van der Waals surface area (Å²) in [5, 5.41) is 11.7. The summed E-state index contributed by atoms with van der Waals surface area (Å²) < 4.78 is 6.07. The topological polar surface area (TPSA) is 78.2 Å². The van der Waals surface area contributed by atoms with E-state index < -0.39 is 4.92 Å². The molecule has 0 aliphatic carbocycles. The third-order valence-corrected chi connectivity index (χ3v) is 3.55. The van der Waals surface area contributed by atoms with Crippen LogP contribution in [-0.4, -0.2) is 14.9 Å². The van der Waals surface area contributed by atoms with Gasteiger partial charge in [-0.3, -0.25) is 10.1 Å². The van der Waals surface area contributed by atoms with Gasteiger partial charge in [-0.1, -0.05) is 31.9 Å². The van der Waals surface area contributed by atoms with E-state index in [2.05, 4.69) is 41.8 Å².